The number of carbonyl (C=O) groups excluding carboxylic acids is 2. The summed E-state index contributed by atoms with van der Waals surface area (Å²) in [5.74, 6) is 1.55. The Hall–Kier alpha value is -5.08. The van der Waals surface area contributed by atoms with Gasteiger partial charge in [-0.25, -0.2) is 0 Å². The lowest BCUT2D eigenvalue weighted by molar-refractivity contribution is -0.123. The van der Waals surface area contributed by atoms with Crippen LogP contribution in [0.4, 0.5) is 0 Å². The molecule has 0 radical (unpaired) electrons. The number of hydrogen-bond acceptors (Lipinski definition) is 5. The number of para-hydroxylation sites is 1. The molecule has 0 bridgehead atoms. The van der Waals surface area contributed by atoms with Gasteiger partial charge in [-0.1, -0.05) is 97.1 Å². The number of ketones is 1. The molecule has 3 atom stereocenters. The fraction of sp³-hybridized carbons (Fsp3) is 0.282. The SMILES string of the molecule is O=C(c1ccccc1)C1C=CC(Cn2c(CCc3ccccc3)nnc2[C@@H](Cc2c[nH]c3ccccc23)NC(=O)[C@@H]2CCCN2)=CC1. The first-order valence-electron chi connectivity index (χ1n) is 16.6. The third-order valence-electron chi connectivity index (χ3n) is 9.35. The van der Waals surface area contributed by atoms with Gasteiger partial charge in [-0.3, -0.25) is 9.59 Å². The van der Waals surface area contributed by atoms with Gasteiger partial charge in [0.15, 0.2) is 11.6 Å². The fourth-order valence-corrected chi connectivity index (χ4v) is 6.75. The monoisotopic (exact) mass is 624 g/mol. The number of benzene rings is 3. The van der Waals surface area contributed by atoms with Crippen molar-refractivity contribution in [2.24, 2.45) is 5.92 Å². The van der Waals surface area contributed by atoms with E-state index in [1.54, 1.807) is 0 Å². The molecule has 47 heavy (non-hydrogen) atoms. The van der Waals surface area contributed by atoms with E-state index in [0.29, 0.717) is 25.8 Å². The largest absolute Gasteiger partial charge is 0.361 e. The molecule has 1 unspecified atom stereocenters. The summed E-state index contributed by atoms with van der Waals surface area (Å²) in [5.41, 5.74) is 5.24. The van der Waals surface area contributed by atoms with E-state index in [4.69, 9.17) is 10.2 Å². The number of amides is 1. The maximum atomic E-state index is 13.6. The van der Waals surface area contributed by atoms with Crippen molar-refractivity contribution >= 4 is 22.6 Å². The molecule has 1 aliphatic heterocycles. The van der Waals surface area contributed by atoms with E-state index in [0.717, 1.165) is 65.1 Å². The highest BCUT2D eigenvalue weighted by Gasteiger charge is 2.29. The number of Topliss-reactive ketones (excluding diaryl/α,β-unsaturated/α-hetero) is 1. The van der Waals surface area contributed by atoms with Gasteiger partial charge in [-0.05, 0) is 55.0 Å². The minimum absolute atomic E-state index is 0.00762. The van der Waals surface area contributed by atoms with E-state index in [1.165, 1.54) is 5.56 Å². The summed E-state index contributed by atoms with van der Waals surface area (Å²) < 4.78 is 2.18. The zero-order valence-corrected chi connectivity index (χ0v) is 26.4. The van der Waals surface area contributed by atoms with Gasteiger partial charge in [0.05, 0.1) is 18.6 Å². The van der Waals surface area contributed by atoms with Gasteiger partial charge >= 0.3 is 0 Å². The number of allylic oxidation sites excluding steroid dienone is 4. The van der Waals surface area contributed by atoms with Crippen LogP contribution in [0.5, 0.6) is 0 Å². The van der Waals surface area contributed by atoms with E-state index in [1.807, 2.05) is 60.8 Å². The van der Waals surface area contributed by atoms with Crippen LogP contribution in [0.1, 0.15) is 58.4 Å². The van der Waals surface area contributed by atoms with E-state index in [-0.39, 0.29) is 29.7 Å². The molecule has 0 saturated carbocycles. The predicted molar refractivity (Wildman–Crippen MR) is 184 cm³/mol. The van der Waals surface area contributed by atoms with Crippen LogP contribution in [0, 0.1) is 5.92 Å². The molecule has 1 fully saturated rings. The van der Waals surface area contributed by atoms with Crippen molar-refractivity contribution in [3.8, 4) is 0 Å². The van der Waals surface area contributed by atoms with Gasteiger partial charge in [0.2, 0.25) is 5.91 Å². The second-order valence-electron chi connectivity index (χ2n) is 12.5. The quantitative estimate of drug-likeness (QED) is 0.146. The average Bonchev–Trinajstić information content (AvgIpc) is 3.89. The molecule has 3 aromatic carbocycles. The van der Waals surface area contributed by atoms with Crippen LogP contribution in [0.25, 0.3) is 10.9 Å². The van der Waals surface area contributed by atoms with E-state index in [2.05, 4.69) is 68.7 Å². The number of H-pyrrole nitrogens is 1. The second-order valence-corrected chi connectivity index (χ2v) is 12.5. The van der Waals surface area contributed by atoms with Crippen molar-refractivity contribution in [3.05, 3.63) is 143 Å². The van der Waals surface area contributed by atoms with E-state index >= 15 is 0 Å². The molecule has 8 nitrogen and oxygen atoms in total. The first-order valence-corrected chi connectivity index (χ1v) is 16.6. The molecule has 1 amide bonds. The summed E-state index contributed by atoms with van der Waals surface area (Å²) in [4.78, 5) is 30.1. The number of aryl methyl sites for hydroxylation is 2. The smallest absolute Gasteiger partial charge is 0.237 e. The fourth-order valence-electron chi connectivity index (χ4n) is 6.75. The molecular formula is C39H40N6O2. The van der Waals surface area contributed by atoms with Crippen molar-refractivity contribution in [3.63, 3.8) is 0 Å². The number of nitrogens with zero attached hydrogens (tertiary/aromatic N) is 3. The lowest BCUT2D eigenvalue weighted by Crippen LogP contribution is -2.43. The highest BCUT2D eigenvalue weighted by atomic mass is 16.2. The van der Waals surface area contributed by atoms with Crippen LogP contribution in [0.2, 0.25) is 0 Å². The summed E-state index contributed by atoms with van der Waals surface area (Å²) in [7, 11) is 0. The Labute approximate surface area is 275 Å². The number of hydrogen-bond donors (Lipinski definition) is 3. The third kappa shape index (κ3) is 7.03. The van der Waals surface area contributed by atoms with Crippen LogP contribution in [0.15, 0.2) is 115 Å². The zero-order valence-electron chi connectivity index (χ0n) is 26.4. The first kappa shape index (κ1) is 30.6. The van der Waals surface area contributed by atoms with Crippen LogP contribution < -0.4 is 10.6 Å². The van der Waals surface area contributed by atoms with Gasteiger partial charge in [0.1, 0.15) is 5.82 Å². The number of carbonyl (C=O) groups is 2. The van der Waals surface area contributed by atoms with Gasteiger partial charge in [-0.15, -0.1) is 10.2 Å². The Kier molecular flexibility index (Phi) is 9.19. The van der Waals surface area contributed by atoms with Crippen molar-refractivity contribution in [1.29, 1.82) is 0 Å². The summed E-state index contributed by atoms with van der Waals surface area (Å²) in [6, 6.07) is 27.5. The number of rotatable bonds is 12. The Morgan fingerprint density at radius 1 is 0.936 bits per heavy atom. The van der Waals surface area contributed by atoms with Gasteiger partial charge in [-0.2, -0.15) is 0 Å². The normalized spacial score (nSPS) is 18.3. The molecule has 8 heteroatoms. The Morgan fingerprint density at radius 2 is 1.72 bits per heavy atom. The molecule has 3 heterocycles. The maximum absolute atomic E-state index is 13.6. The summed E-state index contributed by atoms with van der Waals surface area (Å²) in [6.07, 6.45) is 12.8. The molecule has 7 rings (SSSR count). The van der Waals surface area contributed by atoms with Gasteiger partial charge in [0, 0.05) is 41.4 Å². The van der Waals surface area contributed by atoms with Crippen molar-refractivity contribution in [1.82, 2.24) is 30.4 Å². The molecule has 0 spiro atoms. The second kappa shape index (κ2) is 14.1. The highest BCUT2D eigenvalue weighted by molar-refractivity contribution is 5.99. The maximum Gasteiger partial charge on any atom is 0.237 e. The van der Waals surface area contributed by atoms with Crippen LogP contribution >= 0.6 is 0 Å². The standard InChI is InChI=1S/C39H40N6O2/c46-37(29-12-5-2-6-13-29)30-20-17-28(18-21-30)26-45-36(22-19-27-10-3-1-4-11-27)43-44-38(45)35(42-39(47)34-16-9-23-40-34)24-31-25-41-33-15-8-7-14-32(31)33/h1-8,10-15,17-18,20,25,30,34-35,40-41H,9,16,19,21-24,26H2,(H,42,47)/t30?,34-,35+/m0/s1. The third-order valence-corrected chi connectivity index (χ3v) is 9.35. The van der Waals surface area contributed by atoms with Crippen LogP contribution in [-0.4, -0.2) is 44.0 Å². The molecule has 238 valence electrons. The predicted octanol–water partition coefficient (Wildman–Crippen LogP) is 6.08. The summed E-state index contributed by atoms with van der Waals surface area (Å²) in [6.45, 7) is 1.40. The number of nitrogens with one attached hydrogen (secondary N) is 3. The van der Waals surface area contributed by atoms with Crippen LogP contribution in [0.3, 0.4) is 0 Å². The number of aromatic amines is 1. The van der Waals surface area contributed by atoms with Gasteiger partial charge in [0.25, 0.3) is 0 Å². The number of aromatic nitrogens is 4. The topological polar surface area (TPSA) is 105 Å². The Bertz CT molecular complexity index is 1900. The van der Waals surface area contributed by atoms with E-state index in [9.17, 15) is 9.59 Å². The molecule has 2 aromatic heterocycles. The highest BCUT2D eigenvalue weighted by Crippen LogP contribution is 2.27. The van der Waals surface area contributed by atoms with Crippen molar-refractivity contribution < 1.29 is 9.59 Å². The van der Waals surface area contributed by atoms with Crippen molar-refractivity contribution in [2.75, 3.05) is 6.54 Å². The molecule has 3 N–H and O–H groups in total. The minimum atomic E-state index is -0.386. The lowest BCUT2D eigenvalue weighted by Gasteiger charge is -2.23. The first-order chi connectivity index (χ1) is 23.1. The summed E-state index contributed by atoms with van der Waals surface area (Å²) >= 11 is 0. The van der Waals surface area contributed by atoms with Crippen molar-refractivity contribution in [2.45, 2.75) is 57.2 Å². The number of fused-ring (bicyclic) bond motifs is 1. The molecule has 1 saturated heterocycles. The lowest BCUT2D eigenvalue weighted by atomic mass is 9.89. The zero-order chi connectivity index (χ0) is 32.0. The Balaban J connectivity index is 1.19. The van der Waals surface area contributed by atoms with Crippen LogP contribution in [-0.2, 0) is 30.6 Å². The van der Waals surface area contributed by atoms with Gasteiger partial charge < -0.3 is 20.2 Å². The molecule has 1 aliphatic carbocycles. The molecular weight excluding hydrogens is 584 g/mol. The summed E-state index contributed by atoms with van der Waals surface area (Å²) in [5, 5.41) is 17.3. The average molecular weight is 625 g/mol. The Morgan fingerprint density at radius 3 is 2.49 bits per heavy atom. The molecule has 2 aliphatic rings. The molecule has 5 aromatic rings. The van der Waals surface area contributed by atoms with E-state index < -0.39 is 0 Å². The minimum Gasteiger partial charge on any atom is -0.361 e.